The highest BCUT2D eigenvalue weighted by atomic mass is 16.3. The molecule has 4 saturated carbocycles. The van der Waals surface area contributed by atoms with Gasteiger partial charge in [0.1, 0.15) is 6.04 Å². The van der Waals surface area contributed by atoms with E-state index in [2.05, 4.69) is 17.1 Å². The highest BCUT2D eigenvalue weighted by Crippen LogP contribution is 2.65. The average molecular weight is 400 g/mol. The first-order valence-corrected chi connectivity index (χ1v) is 11.9. The van der Waals surface area contributed by atoms with E-state index in [-0.39, 0.29) is 17.4 Å². The van der Waals surface area contributed by atoms with Crippen LogP contribution in [-0.4, -0.2) is 31.5 Å². The van der Waals surface area contributed by atoms with Gasteiger partial charge in [0.25, 0.3) is 0 Å². The van der Waals surface area contributed by atoms with Crippen LogP contribution in [-0.2, 0) is 4.79 Å². The van der Waals surface area contributed by atoms with Crippen molar-refractivity contribution in [3.05, 3.63) is 12.4 Å². The van der Waals surface area contributed by atoms with Crippen LogP contribution in [0.1, 0.15) is 84.6 Å². The van der Waals surface area contributed by atoms with Crippen LogP contribution < -0.4 is 0 Å². The summed E-state index contributed by atoms with van der Waals surface area (Å²) in [7, 11) is 0. The summed E-state index contributed by atoms with van der Waals surface area (Å²) in [6.45, 7) is 6.42. The molecule has 0 spiro atoms. The van der Waals surface area contributed by atoms with Crippen molar-refractivity contribution in [1.29, 1.82) is 0 Å². The predicted octanol–water partition coefficient (Wildman–Crippen LogP) is 4.43. The molecule has 1 aromatic rings. The molecular weight excluding hydrogens is 362 g/mol. The van der Waals surface area contributed by atoms with E-state index < -0.39 is 5.60 Å². The van der Waals surface area contributed by atoms with Crippen LogP contribution in [0.3, 0.4) is 0 Å². The SMILES string of the molecule is C[C@@H](C(=O)[C@H]1CC[C@H]2[C@@H]3CC[C@H]4C[C@](C)(O)CC[C@@H]4[C@H]3CC[C@]12C)n1nccn1. The Balaban J connectivity index is 1.34. The molecule has 160 valence electrons. The van der Waals surface area contributed by atoms with E-state index >= 15 is 0 Å². The fraction of sp³-hybridized carbons (Fsp3) is 0.875. The lowest BCUT2D eigenvalue weighted by molar-refractivity contribution is -0.135. The smallest absolute Gasteiger partial charge is 0.162 e. The van der Waals surface area contributed by atoms with Gasteiger partial charge in [0.15, 0.2) is 5.78 Å². The first-order valence-electron chi connectivity index (χ1n) is 11.9. The Kier molecular flexibility index (Phi) is 4.69. The molecule has 1 heterocycles. The first-order chi connectivity index (χ1) is 13.8. The molecule has 0 aromatic carbocycles. The van der Waals surface area contributed by atoms with Crippen molar-refractivity contribution in [2.45, 2.75) is 90.2 Å². The number of Topliss-reactive ketones (excluding diaryl/α,β-unsaturated/α-hetero) is 1. The number of rotatable bonds is 3. The zero-order chi connectivity index (χ0) is 20.4. The number of hydrogen-bond acceptors (Lipinski definition) is 4. The number of aromatic nitrogens is 3. The fourth-order valence-corrected chi connectivity index (χ4v) is 8.38. The van der Waals surface area contributed by atoms with Gasteiger partial charge in [0, 0.05) is 5.92 Å². The number of nitrogens with zero attached hydrogens (tertiary/aromatic N) is 3. The zero-order valence-corrected chi connectivity index (χ0v) is 18.3. The number of ketones is 1. The van der Waals surface area contributed by atoms with Crippen molar-refractivity contribution in [3.63, 3.8) is 0 Å². The summed E-state index contributed by atoms with van der Waals surface area (Å²) in [4.78, 5) is 15.0. The Morgan fingerprint density at radius 2 is 1.72 bits per heavy atom. The second kappa shape index (κ2) is 6.90. The summed E-state index contributed by atoms with van der Waals surface area (Å²) >= 11 is 0. The third-order valence-electron chi connectivity index (χ3n) is 9.78. The Morgan fingerprint density at radius 3 is 2.48 bits per heavy atom. The maximum atomic E-state index is 13.4. The molecule has 4 fully saturated rings. The van der Waals surface area contributed by atoms with Gasteiger partial charge in [-0.1, -0.05) is 6.92 Å². The summed E-state index contributed by atoms with van der Waals surface area (Å²) in [5, 5.41) is 19.0. The minimum absolute atomic E-state index is 0.145. The van der Waals surface area contributed by atoms with Crippen LogP contribution >= 0.6 is 0 Å². The lowest BCUT2D eigenvalue weighted by Crippen LogP contribution is -2.51. The van der Waals surface area contributed by atoms with Crippen molar-refractivity contribution in [3.8, 4) is 0 Å². The standard InChI is InChI=1S/C24H37N3O2/c1-15(27-25-12-13-26-27)22(28)21-7-6-20-19-5-4-16-14-23(2,29)10-8-17(16)18(19)9-11-24(20,21)3/h12-13,15-21,29H,4-11,14H2,1-3H3/t15-,16-,17-,18+,19+,20-,21+,23+,24-/m0/s1. The second-order valence-corrected chi connectivity index (χ2v) is 11.3. The topological polar surface area (TPSA) is 68.0 Å². The largest absolute Gasteiger partial charge is 0.390 e. The van der Waals surface area contributed by atoms with E-state index in [1.54, 1.807) is 17.2 Å². The Labute approximate surface area is 174 Å². The van der Waals surface area contributed by atoms with E-state index in [4.69, 9.17) is 0 Å². The minimum Gasteiger partial charge on any atom is -0.390 e. The molecule has 1 N–H and O–H groups in total. The van der Waals surface area contributed by atoms with E-state index in [9.17, 15) is 9.90 Å². The molecule has 0 saturated heterocycles. The van der Waals surface area contributed by atoms with E-state index in [0.717, 1.165) is 37.0 Å². The summed E-state index contributed by atoms with van der Waals surface area (Å²) in [5.74, 6) is 4.31. The maximum Gasteiger partial charge on any atom is 0.162 e. The van der Waals surface area contributed by atoms with Gasteiger partial charge in [-0.05, 0) is 107 Å². The number of hydrogen-bond donors (Lipinski definition) is 1. The van der Waals surface area contributed by atoms with Crippen molar-refractivity contribution >= 4 is 5.78 Å². The second-order valence-electron chi connectivity index (χ2n) is 11.3. The van der Waals surface area contributed by atoms with Crippen LogP contribution in [0.5, 0.6) is 0 Å². The summed E-state index contributed by atoms with van der Waals surface area (Å²) in [6, 6.07) is -0.264. The van der Waals surface area contributed by atoms with Gasteiger partial charge in [0.05, 0.1) is 18.0 Å². The number of carbonyl (C=O) groups excluding carboxylic acids is 1. The molecule has 29 heavy (non-hydrogen) atoms. The predicted molar refractivity (Wildman–Crippen MR) is 111 cm³/mol. The van der Waals surface area contributed by atoms with Gasteiger partial charge in [-0.3, -0.25) is 4.79 Å². The number of aliphatic hydroxyl groups is 1. The van der Waals surface area contributed by atoms with Gasteiger partial charge in [-0.2, -0.15) is 15.0 Å². The van der Waals surface area contributed by atoms with Gasteiger partial charge in [-0.25, -0.2) is 0 Å². The molecule has 0 radical (unpaired) electrons. The van der Waals surface area contributed by atoms with Crippen LogP contribution in [0, 0.1) is 40.9 Å². The normalized spacial score (nSPS) is 47.7. The highest BCUT2D eigenvalue weighted by molar-refractivity contribution is 5.85. The average Bonchev–Trinajstić information content (AvgIpc) is 3.33. The molecule has 5 nitrogen and oxygen atoms in total. The maximum absolute atomic E-state index is 13.4. The van der Waals surface area contributed by atoms with Crippen LogP contribution in [0.15, 0.2) is 12.4 Å². The van der Waals surface area contributed by atoms with Crippen LogP contribution in [0.4, 0.5) is 0 Å². The Bertz CT molecular complexity index is 760. The molecule has 1 aromatic heterocycles. The molecule has 0 bridgehead atoms. The van der Waals surface area contributed by atoms with Crippen LogP contribution in [0.25, 0.3) is 0 Å². The molecular formula is C24H37N3O2. The monoisotopic (exact) mass is 399 g/mol. The summed E-state index contributed by atoms with van der Waals surface area (Å²) in [5.41, 5.74) is -0.300. The third-order valence-corrected chi connectivity index (χ3v) is 9.78. The Hall–Kier alpha value is -1.23. The molecule has 0 unspecified atom stereocenters. The van der Waals surface area contributed by atoms with E-state index in [1.165, 1.54) is 38.5 Å². The fourth-order valence-electron chi connectivity index (χ4n) is 8.38. The molecule has 4 aliphatic rings. The minimum atomic E-state index is -0.446. The first kappa shape index (κ1) is 19.7. The summed E-state index contributed by atoms with van der Waals surface area (Å²) < 4.78 is 0. The van der Waals surface area contributed by atoms with Crippen molar-refractivity contribution in [2.24, 2.45) is 40.9 Å². The lowest BCUT2D eigenvalue weighted by atomic mass is 9.49. The van der Waals surface area contributed by atoms with Crippen molar-refractivity contribution < 1.29 is 9.90 Å². The molecule has 0 amide bonds. The lowest BCUT2D eigenvalue weighted by Gasteiger charge is -2.57. The Morgan fingerprint density at radius 1 is 1.00 bits per heavy atom. The quantitative estimate of drug-likeness (QED) is 0.816. The van der Waals surface area contributed by atoms with Gasteiger partial charge in [0.2, 0.25) is 0 Å². The van der Waals surface area contributed by atoms with E-state index in [1.807, 2.05) is 13.8 Å². The van der Waals surface area contributed by atoms with E-state index in [0.29, 0.717) is 17.6 Å². The van der Waals surface area contributed by atoms with Gasteiger partial charge < -0.3 is 5.11 Å². The molecule has 9 atom stereocenters. The molecule has 4 aliphatic carbocycles. The summed E-state index contributed by atoms with van der Waals surface area (Å²) in [6.07, 6.45) is 13.8. The molecule has 0 aliphatic heterocycles. The van der Waals surface area contributed by atoms with Gasteiger partial charge >= 0.3 is 0 Å². The third kappa shape index (κ3) is 3.10. The number of carbonyl (C=O) groups is 1. The molecule has 5 heteroatoms. The van der Waals surface area contributed by atoms with Crippen molar-refractivity contribution in [1.82, 2.24) is 15.0 Å². The van der Waals surface area contributed by atoms with Crippen molar-refractivity contribution in [2.75, 3.05) is 0 Å². The molecule has 5 rings (SSSR count). The van der Waals surface area contributed by atoms with Gasteiger partial charge in [-0.15, -0.1) is 0 Å². The zero-order valence-electron chi connectivity index (χ0n) is 18.3. The van der Waals surface area contributed by atoms with Crippen LogP contribution in [0.2, 0.25) is 0 Å². The highest BCUT2D eigenvalue weighted by Gasteiger charge is 2.59. The number of fused-ring (bicyclic) bond motifs is 5.